The Kier molecular flexibility index (Phi) is 6.09. The van der Waals surface area contributed by atoms with Gasteiger partial charge in [0.05, 0.1) is 7.11 Å². The van der Waals surface area contributed by atoms with Crippen LogP contribution in [0.2, 0.25) is 0 Å². The number of nitrogen functional groups attached to an aromatic ring is 1. The molecular weight excluding hydrogens is 362 g/mol. The number of hydrogen-bond donors (Lipinski definition) is 3. The van der Waals surface area contributed by atoms with E-state index in [4.69, 9.17) is 19.9 Å². The summed E-state index contributed by atoms with van der Waals surface area (Å²) in [6.45, 7) is -0.169. The van der Waals surface area contributed by atoms with E-state index in [0.29, 0.717) is 17.2 Å². The first kappa shape index (κ1) is 18.8. The van der Waals surface area contributed by atoms with Crippen LogP contribution >= 0.6 is 0 Å². The monoisotopic (exact) mass is 381 g/mol. The highest BCUT2D eigenvalue weighted by molar-refractivity contribution is 5.80. The minimum atomic E-state index is -0.403. The highest BCUT2D eigenvalue weighted by atomic mass is 16.5. The Balaban J connectivity index is 1.56. The van der Waals surface area contributed by atoms with E-state index in [1.54, 1.807) is 43.5 Å². The fourth-order valence-electron chi connectivity index (χ4n) is 2.15. The molecule has 0 saturated carbocycles. The van der Waals surface area contributed by atoms with Crippen molar-refractivity contribution in [3.05, 3.63) is 60.9 Å². The van der Waals surface area contributed by atoms with Gasteiger partial charge in [-0.3, -0.25) is 15.6 Å². The summed E-state index contributed by atoms with van der Waals surface area (Å²) in [5.74, 6) is 1.76. The molecule has 0 aliphatic heterocycles. The molecule has 9 nitrogen and oxygen atoms in total. The van der Waals surface area contributed by atoms with Gasteiger partial charge in [-0.1, -0.05) is 18.2 Å². The minimum Gasteiger partial charge on any atom is -0.497 e. The van der Waals surface area contributed by atoms with Gasteiger partial charge in [-0.2, -0.15) is 4.98 Å². The maximum absolute atomic E-state index is 11.9. The maximum atomic E-state index is 11.9. The second kappa shape index (κ2) is 9.08. The first-order valence-corrected chi connectivity index (χ1v) is 8.31. The minimum absolute atomic E-state index is 0.141. The first-order valence-electron chi connectivity index (χ1n) is 8.31. The van der Waals surface area contributed by atoms with E-state index in [2.05, 4.69) is 20.8 Å². The number of aromatic nitrogens is 2. The fourth-order valence-corrected chi connectivity index (χ4v) is 2.15. The predicted molar refractivity (Wildman–Crippen MR) is 103 cm³/mol. The quantitative estimate of drug-likeness (QED) is 0.509. The molecule has 0 aliphatic carbocycles. The van der Waals surface area contributed by atoms with Gasteiger partial charge in [-0.25, -0.2) is 4.98 Å². The smallest absolute Gasteiger partial charge is 0.276 e. The fraction of sp³-hybridized carbons (Fsp3) is 0.105. The van der Waals surface area contributed by atoms with Crippen molar-refractivity contribution in [3.8, 4) is 23.1 Å². The summed E-state index contributed by atoms with van der Waals surface area (Å²) in [4.78, 5) is 19.9. The van der Waals surface area contributed by atoms with Crippen molar-refractivity contribution in [1.82, 2.24) is 15.4 Å². The van der Waals surface area contributed by atoms with Crippen molar-refractivity contribution in [2.45, 2.75) is 0 Å². The number of carbonyl (C=O) groups excluding carboxylic acids is 1. The van der Waals surface area contributed by atoms with Crippen LogP contribution in [0.15, 0.2) is 60.9 Å². The zero-order chi connectivity index (χ0) is 19.8. The molecule has 0 bridgehead atoms. The SMILES string of the molecule is COc1ccc(Oc2ncnc(NNC(=O)COc3ccccc3)c2N)cc1. The number of anilines is 2. The molecule has 3 aromatic rings. The number of benzene rings is 2. The van der Waals surface area contributed by atoms with Gasteiger partial charge >= 0.3 is 0 Å². The summed E-state index contributed by atoms with van der Waals surface area (Å²) in [6, 6.07) is 15.9. The van der Waals surface area contributed by atoms with E-state index in [-0.39, 0.29) is 24.0 Å². The number of hydrogen-bond acceptors (Lipinski definition) is 8. The van der Waals surface area contributed by atoms with Crippen molar-refractivity contribution in [2.24, 2.45) is 0 Å². The molecule has 0 atom stereocenters. The van der Waals surface area contributed by atoms with Crippen LogP contribution in [-0.4, -0.2) is 29.6 Å². The molecule has 1 aromatic heterocycles. The third kappa shape index (κ3) is 5.01. The number of nitrogens with one attached hydrogen (secondary N) is 2. The van der Waals surface area contributed by atoms with E-state index >= 15 is 0 Å². The topological polar surface area (TPSA) is 121 Å². The second-order valence-electron chi connectivity index (χ2n) is 5.49. The number of nitrogens with two attached hydrogens (primary N) is 1. The Morgan fingerprint density at radius 3 is 2.43 bits per heavy atom. The molecule has 3 rings (SSSR count). The highest BCUT2D eigenvalue weighted by Gasteiger charge is 2.11. The molecule has 0 spiro atoms. The molecule has 1 heterocycles. The van der Waals surface area contributed by atoms with E-state index < -0.39 is 5.91 Å². The summed E-state index contributed by atoms with van der Waals surface area (Å²) >= 11 is 0. The van der Waals surface area contributed by atoms with Gasteiger partial charge in [0.25, 0.3) is 5.91 Å². The molecule has 0 radical (unpaired) electrons. The summed E-state index contributed by atoms with van der Waals surface area (Å²) in [5.41, 5.74) is 11.3. The summed E-state index contributed by atoms with van der Waals surface area (Å²) < 4.78 is 16.1. The van der Waals surface area contributed by atoms with Crippen LogP contribution in [0.5, 0.6) is 23.1 Å². The lowest BCUT2D eigenvalue weighted by atomic mass is 10.3. The molecule has 0 aliphatic rings. The van der Waals surface area contributed by atoms with Gasteiger partial charge in [0.2, 0.25) is 5.88 Å². The number of amides is 1. The molecule has 144 valence electrons. The van der Waals surface area contributed by atoms with Crippen LogP contribution in [0.1, 0.15) is 0 Å². The Morgan fingerprint density at radius 2 is 1.71 bits per heavy atom. The van der Waals surface area contributed by atoms with Crippen LogP contribution in [0, 0.1) is 0 Å². The molecule has 9 heteroatoms. The third-order valence-corrected chi connectivity index (χ3v) is 3.55. The maximum Gasteiger partial charge on any atom is 0.276 e. The zero-order valence-corrected chi connectivity index (χ0v) is 15.1. The van der Waals surface area contributed by atoms with Gasteiger partial charge in [-0.15, -0.1) is 0 Å². The molecule has 1 amide bonds. The average Bonchev–Trinajstić information content (AvgIpc) is 2.74. The Bertz CT molecular complexity index is 919. The van der Waals surface area contributed by atoms with Crippen molar-refractivity contribution >= 4 is 17.4 Å². The zero-order valence-electron chi connectivity index (χ0n) is 15.1. The predicted octanol–water partition coefficient (Wildman–Crippen LogP) is 2.38. The van der Waals surface area contributed by atoms with Crippen LogP contribution in [-0.2, 0) is 4.79 Å². The highest BCUT2D eigenvalue weighted by Crippen LogP contribution is 2.29. The van der Waals surface area contributed by atoms with Gasteiger partial charge in [-0.05, 0) is 36.4 Å². The van der Waals surface area contributed by atoms with Crippen molar-refractivity contribution in [2.75, 3.05) is 24.9 Å². The Morgan fingerprint density at radius 1 is 1.00 bits per heavy atom. The molecule has 0 saturated heterocycles. The number of carbonyl (C=O) groups is 1. The van der Waals surface area contributed by atoms with Crippen molar-refractivity contribution in [1.29, 1.82) is 0 Å². The summed E-state index contributed by atoms with van der Waals surface area (Å²) in [7, 11) is 1.58. The van der Waals surface area contributed by atoms with E-state index in [0.717, 1.165) is 0 Å². The Hall–Kier alpha value is -4.01. The molecule has 2 aromatic carbocycles. The summed E-state index contributed by atoms with van der Waals surface area (Å²) in [5, 5.41) is 0. The van der Waals surface area contributed by atoms with E-state index in [1.165, 1.54) is 6.33 Å². The molecule has 4 N–H and O–H groups in total. The lowest BCUT2D eigenvalue weighted by Gasteiger charge is -2.13. The van der Waals surface area contributed by atoms with E-state index in [1.807, 2.05) is 18.2 Å². The molecule has 28 heavy (non-hydrogen) atoms. The number of ether oxygens (including phenoxy) is 3. The van der Waals surface area contributed by atoms with E-state index in [9.17, 15) is 4.79 Å². The number of methoxy groups -OCH3 is 1. The van der Waals surface area contributed by atoms with Crippen LogP contribution in [0.3, 0.4) is 0 Å². The van der Waals surface area contributed by atoms with Crippen molar-refractivity contribution in [3.63, 3.8) is 0 Å². The number of nitrogens with zero attached hydrogens (tertiary/aromatic N) is 2. The Labute approximate surface area is 161 Å². The van der Waals surface area contributed by atoms with Crippen LogP contribution in [0.4, 0.5) is 11.5 Å². The average molecular weight is 381 g/mol. The second-order valence-corrected chi connectivity index (χ2v) is 5.49. The lowest BCUT2D eigenvalue weighted by Crippen LogP contribution is -2.34. The van der Waals surface area contributed by atoms with Gasteiger partial charge < -0.3 is 19.9 Å². The normalized spacial score (nSPS) is 10.0. The number of rotatable bonds is 8. The summed E-state index contributed by atoms with van der Waals surface area (Å²) in [6.07, 6.45) is 1.27. The molecular formula is C19H19N5O4. The molecule has 0 fully saturated rings. The van der Waals surface area contributed by atoms with Gasteiger partial charge in [0, 0.05) is 0 Å². The van der Waals surface area contributed by atoms with Crippen LogP contribution < -0.4 is 30.8 Å². The largest absolute Gasteiger partial charge is 0.497 e. The lowest BCUT2D eigenvalue weighted by molar-refractivity contribution is -0.122. The standard InChI is InChI=1S/C19H19N5O4/c1-26-13-7-9-15(10-8-13)28-19-17(20)18(21-12-22-19)24-23-16(25)11-27-14-5-3-2-4-6-14/h2-10,12H,11,20H2,1H3,(H,23,25)(H,21,22,24). The third-order valence-electron chi connectivity index (χ3n) is 3.55. The number of para-hydroxylation sites is 1. The van der Waals surface area contributed by atoms with Crippen molar-refractivity contribution < 1.29 is 19.0 Å². The van der Waals surface area contributed by atoms with Crippen LogP contribution in [0.25, 0.3) is 0 Å². The first-order chi connectivity index (χ1) is 13.7. The number of hydrazine groups is 1. The molecule has 0 unspecified atom stereocenters. The van der Waals surface area contributed by atoms with Gasteiger partial charge in [0.15, 0.2) is 12.4 Å². The van der Waals surface area contributed by atoms with Gasteiger partial charge in [0.1, 0.15) is 29.3 Å².